The lowest BCUT2D eigenvalue weighted by molar-refractivity contribution is 0.302. The normalized spacial score (nSPS) is 14.5. The number of aliphatic imine (C=N–C) groups is 1. The van der Waals surface area contributed by atoms with Crippen molar-refractivity contribution in [3.8, 4) is 0 Å². The Morgan fingerprint density at radius 1 is 1.16 bits per heavy atom. The van der Waals surface area contributed by atoms with Crippen LogP contribution in [0.15, 0.2) is 33.1 Å². The second-order valence-electron chi connectivity index (χ2n) is 8.58. The fourth-order valence-electron chi connectivity index (χ4n) is 3.93. The van der Waals surface area contributed by atoms with E-state index in [-0.39, 0.29) is 24.0 Å². The first-order chi connectivity index (χ1) is 14.7. The minimum atomic E-state index is -0.108. The number of fused-ring (bicyclic) bond motifs is 1. The maximum Gasteiger partial charge on any atom is 0.278 e. The lowest BCUT2D eigenvalue weighted by Gasteiger charge is -2.22. The lowest BCUT2D eigenvalue weighted by atomic mass is 9.96. The van der Waals surface area contributed by atoms with Gasteiger partial charge < -0.3 is 10.0 Å². The van der Waals surface area contributed by atoms with Crippen LogP contribution in [0.1, 0.15) is 76.0 Å². The zero-order chi connectivity index (χ0) is 22.9. The van der Waals surface area contributed by atoms with Crippen LogP contribution in [-0.2, 0) is 0 Å². The molecule has 7 nitrogen and oxygen atoms in total. The third-order valence-electron chi connectivity index (χ3n) is 5.58. The second-order valence-corrected chi connectivity index (χ2v) is 8.58. The molecule has 2 heterocycles. The summed E-state index contributed by atoms with van der Waals surface area (Å²) in [7, 11) is 0. The summed E-state index contributed by atoms with van der Waals surface area (Å²) in [6, 6.07) is 6.05. The molecule has 0 saturated heterocycles. The molecule has 0 atom stereocenters. The van der Waals surface area contributed by atoms with E-state index in [4.69, 9.17) is 9.98 Å². The van der Waals surface area contributed by atoms with Crippen LogP contribution in [-0.4, -0.2) is 45.9 Å². The Labute approximate surface area is 184 Å². The summed E-state index contributed by atoms with van der Waals surface area (Å²) in [5, 5.41) is 13.8. The van der Waals surface area contributed by atoms with E-state index < -0.39 is 0 Å². The predicted octanol–water partition coefficient (Wildman–Crippen LogP) is 3.98. The van der Waals surface area contributed by atoms with Gasteiger partial charge in [-0.05, 0) is 56.4 Å². The highest BCUT2D eigenvalue weighted by atomic mass is 16.3. The zero-order valence-corrected chi connectivity index (χ0v) is 19.6. The van der Waals surface area contributed by atoms with Gasteiger partial charge in [0.25, 0.3) is 5.56 Å². The number of nitrogens with zero attached hydrogens (tertiary/aromatic N) is 5. The number of benzene rings is 1. The van der Waals surface area contributed by atoms with E-state index in [2.05, 4.69) is 36.8 Å². The quantitative estimate of drug-likeness (QED) is 0.730. The van der Waals surface area contributed by atoms with Crippen molar-refractivity contribution in [3.05, 3.63) is 51.2 Å². The lowest BCUT2D eigenvalue weighted by Crippen LogP contribution is -2.28. The molecule has 0 unspecified atom stereocenters. The van der Waals surface area contributed by atoms with Crippen molar-refractivity contribution in [1.29, 1.82) is 0 Å². The van der Waals surface area contributed by atoms with Gasteiger partial charge in [-0.15, -0.1) is 0 Å². The number of aliphatic hydroxyl groups excluding tert-OH is 1. The van der Waals surface area contributed by atoms with Gasteiger partial charge in [-0.25, -0.2) is 9.98 Å². The average Bonchev–Trinajstić information content (AvgIpc) is 3.03. The topological polar surface area (TPSA) is 83.1 Å². The largest absolute Gasteiger partial charge is 0.395 e. The molecule has 0 aliphatic carbocycles. The van der Waals surface area contributed by atoms with Gasteiger partial charge in [0, 0.05) is 24.3 Å². The molecular weight excluding hydrogens is 390 g/mol. The van der Waals surface area contributed by atoms with Gasteiger partial charge in [0.15, 0.2) is 5.82 Å². The van der Waals surface area contributed by atoms with Crippen LogP contribution in [0, 0.1) is 6.92 Å². The molecular formula is C24H33N5O2. The molecule has 31 heavy (non-hydrogen) atoms. The molecule has 0 saturated carbocycles. The average molecular weight is 424 g/mol. The van der Waals surface area contributed by atoms with E-state index in [1.54, 1.807) is 0 Å². The summed E-state index contributed by atoms with van der Waals surface area (Å²) in [6.45, 7) is 15.6. The SMILES string of the molecule is CCN(CCO)c1ccc(N=C2C(C)=Nn3c2nc(C(C)C)c(C(C)C)c3=O)c(C)c1. The molecule has 3 rings (SSSR count). The molecule has 1 aliphatic heterocycles. The van der Waals surface area contributed by atoms with Gasteiger partial charge in [-0.3, -0.25) is 4.79 Å². The highest BCUT2D eigenvalue weighted by Crippen LogP contribution is 2.28. The first kappa shape index (κ1) is 22.9. The number of aromatic nitrogens is 2. The van der Waals surface area contributed by atoms with Gasteiger partial charge in [0.2, 0.25) is 0 Å². The van der Waals surface area contributed by atoms with E-state index in [1.165, 1.54) is 4.68 Å². The van der Waals surface area contributed by atoms with Crippen molar-refractivity contribution >= 4 is 22.8 Å². The Kier molecular flexibility index (Phi) is 6.74. The number of anilines is 1. The maximum absolute atomic E-state index is 13.2. The van der Waals surface area contributed by atoms with E-state index in [0.717, 1.165) is 34.7 Å². The molecule has 7 heteroatoms. The molecule has 1 aromatic heterocycles. The van der Waals surface area contributed by atoms with Crippen molar-refractivity contribution in [2.75, 3.05) is 24.6 Å². The van der Waals surface area contributed by atoms with Crippen LogP contribution in [0.4, 0.5) is 11.4 Å². The van der Waals surface area contributed by atoms with E-state index in [0.29, 0.717) is 23.8 Å². The van der Waals surface area contributed by atoms with Gasteiger partial charge in [0.05, 0.1) is 23.7 Å². The molecule has 0 radical (unpaired) electrons. The summed E-state index contributed by atoms with van der Waals surface area (Å²) >= 11 is 0. The first-order valence-corrected chi connectivity index (χ1v) is 11.0. The van der Waals surface area contributed by atoms with Crippen molar-refractivity contribution in [1.82, 2.24) is 9.66 Å². The Bertz CT molecular complexity index is 1100. The fraction of sp³-hybridized carbons (Fsp3) is 0.500. The highest BCUT2D eigenvalue weighted by Gasteiger charge is 2.28. The molecule has 1 N–H and O–H groups in total. The van der Waals surface area contributed by atoms with Crippen molar-refractivity contribution in [2.24, 2.45) is 10.1 Å². The molecule has 1 aromatic carbocycles. The maximum atomic E-state index is 13.2. The number of hydrogen-bond acceptors (Lipinski definition) is 6. The van der Waals surface area contributed by atoms with Gasteiger partial charge >= 0.3 is 0 Å². The molecule has 2 aromatic rings. The van der Waals surface area contributed by atoms with Crippen molar-refractivity contribution < 1.29 is 5.11 Å². The zero-order valence-electron chi connectivity index (χ0n) is 19.6. The van der Waals surface area contributed by atoms with E-state index >= 15 is 0 Å². The second kappa shape index (κ2) is 9.14. The minimum absolute atomic E-state index is 0.0712. The molecule has 0 bridgehead atoms. The Morgan fingerprint density at radius 3 is 2.42 bits per heavy atom. The van der Waals surface area contributed by atoms with Gasteiger partial charge in [-0.2, -0.15) is 9.78 Å². The van der Waals surface area contributed by atoms with Gasteiger partial charge in [-0.1, -0.05) is 27.7 Å². The van der Waals surface area contributed by atoms with Crippen LogP contribution >= 0.6 is 0 Å². The summed E-state index contributed by atoms with van der Waals surface area (Å²) in [6.07, 6.45) is 0. The van der Waals surface area contributed by atoms with Crippen LogP contribution in [0.5, 0.6) is 0 Å². The monoisotopic (exact) mass is 423 g/mol. The van der Waals surface area contributed by atoms with Crippen LogP contribution in [0.2, 0.25) is 0 Å². The number of rotatable bonds is 7. The molecule has 0 amide bonds. The standard InChI is InChI=1S/C24H33N5O2/c1-8-28(11-12-30)18-9-10-19(16(6)13-18)25-22-17(7)27-29-23(22)26-21(15(4)5)20(14(2)3)24(29)31/h9-10,13-15,30H,8,11-12H2,1-7H3. The molecule has 1 aliphatic rings. The number of aryl methyl sites for hydroxylation is 1. The Hall–Kier alpha value is -2.80. The first-order valence-electron chi connectivity index (χ1n) is 11.0. The third kappa shape index (κ3) is 4.32. The third-order valence-corrected chi connectivity index (χ3v) is 5.58. The molecule has 0 spiro atoms. The number of likely N-dealkylation sites (N-methyl/N-ethyl adjacent to an activating group) is 1. The van der Waals surface area contributed by atoms with Crippen LogP contribution in [0.3, 0.4) is 0 Å². The van der Waals surface area contributed by atoms with E-state index in [1.807, 2.05) is 39.8 Å². The highest BCUT2D eigenvalue weighted by molar-refractivity contribution is 6.48. The molecule has 166 valence electrons. The summed E-state index contributed by atoms with van der Waals surface area (Å²) in [5.41, 5.74) is 5.62. The van der Waals surface area contributed by atoms with Crippen LogP contribution < -0.4 is 10.5 Å². The fourth-order valence-corrected chi connectivity index (χ4v) is 3.93. The summed E-state index contributed by atoms with van der Waals surface area (Å²) < 4.78 is 1.40. The molecule has 0 fully saturated rings. The Balaban J connectivity index is 2.11. The summed E-state index contributed by atoms with van der Waals surface area (Å²) in [5.74, 6) is 0.710. The van der Waals surface area contributed by atoms with Crippen molar-refractivity contribution in [2.45, 2.75) is 60.3 Å². The number of hydrogen-bond donors (Lipinski definition) is 1. The smallest absolute Gasteiger partial charge is 0.278 e. The Morgan fingerprint density at radius 2 is 1.87 bits per heavy atom. The minimum Gasteiger partial charge on any atom is -0.395 e. The predicted molar refractivity (Wildman–Crippen MR) is 128 cm³/mol. The van der Waals surface area contributed by atoms with Crippen LogP contribution in [0.25, 0.3) is 0 Å². The van der Waals surface area contributed by atoms with Gasteiger partial charge in [0.1, 0.15) is 5.71 Å². The number of aliphatic hydroxyl groups is 1. The van der Waals surface area contributed by atoms with Crippen molar-refractivity contribution in [3.63, 3.8) is 0 Å². The van der Waals surface area contributed by atoms with E-state index in [9.17, 15) is 9.90 Å². The summed E-state index contributed by atoms with van der Waals surface area (Å²) in [4.78, 5) is 25.0.